The second kappa shape index (κ2) is 5.02. The first-order chi connectivity index (χ1) is 8.79. The van der Waals surface area contributed by atoms with Gasteiger partial charge in [0.15, 0.2) is 5.82 Å². The molecule has 0 saturated heterocycles. The van der Waals surface area contributed by atoms with E-state index in [1.807, 2.05) is 0 Å². The normalized spacial score (nSPS) is 14.7. The van der Waals surface area contributed by atoms with Crippen LogP contribution in [0.2, 0.25) is 0 Å². The molecule has 0 radical (unpaired) electrons. The van der Waals surface area contributed by atoms with Crippen molar-refractivity contribution < 1.29 is 4.52 Å². The summed E-state index contributed by atoms with van der Waals surface area (Å²) in [6.45, 7) is 2.09. The number of benzene rings is 1. The second-order valence-electron chi connectivity index (χ2n) is 4.54. The van der Waals surface area contributed by atoms with Crippen molar-refractivity contribution >= 4 is 17.8 Å². The van der Waals surface area contributed by atoms with Gasteiger partial charge in [-0.25, -0.2) is 0 Å². The van der Waals surface area contributed by atoms with Gasteiger partial charge in [-0.15, -0.1) is 11.8 Å². The highest BCUT2D eigenvalue weighted by Gasteiger charge is 2.23. The first-order valence-corrected chi connectivity index (χ1v) is 7.07. The summed E-state index contributed by atoms with van der Waals surface area (Å²) in [7, 11) is 0. The minimum absolute atomic E-state index is 0.544. The monoisotopic (exact) mass is 261 g/mol. The van der Waals surface area contributed by atoms with Gasteiger partial charge in [-0.05, 0) is 31.9 Å². The Morgan fingerprint density at radius 1 is 1.44 bits per heavy atom. The molecular formula is C13H15N3OS. The highest BCUT2D eigenvalue weighted by Crippen LogP contribution is 2.25. The molecule has 1 saturated carbocycles. The Balaban J connectivity index is 1.57. The SMILES string of the molecule is Cc1cccc(SCc2noc(NC3CC3)n2)c1. The number of aryl methyl sites for hydroxylation is 1. The zero-order valence-electron chi connectivity index (χ0n) is 10.2. The van der Waals surface area contributed by atoms with Gasteiger partial charge in [0.1, 0.15) is 0 Å². The molecule has 18 heavy (non-hydrogen) atoms. The molecule has 0 amide bonds. The van der Waals surface area contributed by atoms with Gasteiger partial charge in [0, 0.05) is 10.9 Å². The van der Waals surface area contributed by atoms with E-state index in [1.54, 1.807) is 11.8 Å². The molecule has 1 heterocycles. The zero-order chi connectivity index (χ0) is 12.4. The van der Waals surface area contributed by atoms with E-state index in [2.05, 4.69) is 46.6 Å². The van der Waals surface area contributed by atoms with E-state index in [4.69, 9.17) is 4.52 Å². The first kappa shape index (κ1) is 11.6. The smallest absolute Gasteiger partial charge is 0.321 e. The van der Waals surface area contributed by atoms with Gasteiger partial charge in [0.2, 0.25) is 0 Å². The quantitative estimate of drug-likeness (QED) is 0.837. The minimum atomic E-state index is 0.544. The van der Waals surface area contributed by atoms with Crippen LogP contribution in [0.5, 0.6) is 0 Å². The molecule has 0 unspecified atom stereocenters. The number of aromatic nitrogens is 2. The summed E-state index contributed by atoms with van der Waals surface area (Å²) in [4.78, 5) is 5.55. The maximum Gasteiger partial charge on any atom is 0.321 e. The van der Waals surface area contributed by atoms with Gasteiger partial charge >= 0.3 is 6.01 Å². The summed E-state index contributed by atoms with van der Waals surface area (Å²) in [5.74, 6) is 1.48. The van der Waals surface area contributed by atoms with Gasteiger partial charge in [0.25, 0.3) is 0 Å². The molecule has 0 aliphatic heterocycles. The molecule has 4 nitrogen and oxygen atoms in total. The van der Waals surface area contributed by atoms with E-state index in [0.717, 1.165) is 11.6 Å². The van der Waals surface area contributed by atoms with E-state index in [1.165, 1.54) is 23.3 Å². The van der Waals surface area contributed by atoms with Gasteiger partial charge in [0.05, 0.1) is 5.75 Å². The Morgan fingerprint density at radius 2 is 2.33 bits per heavy atom. The predicted octanol–water partition coefficient (Wildman–Crippen LogP) is 3.24. The van der Waals surface area contributed by atoms with Crippen molar-refractivity contribution in [1.29, 1.82) is 0 Å². The molecule has 1 aromatic carbocycles. The molecule has 5 heteroatoms. The van der Waals surface area contributed by atoms with Crippen LogP contribution in [0.4, 0.5) is 6.01 Å². The Hall–Kier alpha value is -1.49. The van der Waals surface area contributed by atoms with Crippen LogP contribution in [0, 0.1) is 6.92 Å². The third kappa shape index (κ3) is 3.04. The van der Waals surface area contributed by atoms with E-state index < -0.39 is 0 Å². The molecule has 1 N–H and O–H groups in total. The lowest BCUT2D eigenvalue weighted by atomic mass is 10.2. The first-order valence-electron chi connectivity index (χ1n) is 6.08. The van der Waals surface area contributed by atoms with Crippen molar-refractivity contribution in [2.24, 2.45) is 0 Å². The fraction of sp³-hybridized carbons (Fsp3) is 0.385. The number of hydrogen-bond acceptors (Lipinski definition) is 5. The Bertz CT molecular complexity index is 537. The summed E-state index contributed by atoms with van der Waals surface area (Å²) in [6.07, 6.45) is 2.41. The molecule has 1 aromatic heterocycles. The Labute approximate surface area is 110 Å². The summed E-state index contributed by atoms with van der Waals surface area (Å²) < 4.78 is 5.14. The fourth-order valence-corrected chi connectivity index (χ4v) is 2.48. The molecule has 0 spiro atoms. The molecule has 94 valence electrons. The lowest BCUT2D eigenvalue weighted by molar-refractivity contribution is 0.424. The van der Waals surface area contributed by atoms with E-state index in [-0.39, 0.29) is 0 Å². The van der Waals surface area contributed by atoms with Crippen molar-refractivity contribution in [2.45, 2.75) is 36.5 Å². The number of anilines is 1. The van der Waals surface area contributed by atoms with Gasteiger partial charge in [-0.3, -0.25) is 0 Å². The van der Waals surface area contributed by atoms with E-state index >= 15 is 0 Å². The average Bonchev–Trinajstić information content (AvgIpc) is 3.05. The summed E-state index contributed by atoms with van der Waals surface area (Å²) in [6, 6.07) is 9.51. The number of hydrogen-bond donors (Lipinski definition) is 1. The third-order valence-corrected chi connectivity index (χ3v) is 3.72. The van der Waals surface area contributed by atoms with Crippen molar-refractivity contribution in [3.05, 3.63) is 35.7 Å². The zero-order valence-corrected chi connectivity index (χ0v) is 11.0. The molecule has 0 bridgehead atoms. The molecule has 1 aliphatic rings. The molecular weight excluding hydrogens is 246 g/mol. The highest BCUT2D eigenvalue weighted by molar-refractivity contribution is 7.98. The second-order valence-corrected chi connectivity index (χ2v) is 5.59. The molecule has 2 aromatic rings. The van der Waals surface area contributed by atoms with Crippen molar-refractivity contribution in [3.63, 3.8) is 0 Å². The summed E-state index contributed by atoms with van der Waals surface area (Å²) in [5.41, 5.74) is 1.27. The molecule has 1 aliphatic carbocycles. The van der Waals surface area contributed by atoms with Crippen LogP contribution in [0.25, 0.3) is 0 Å². The van der Waals surface area contributed by atoms with Crippen LogP contribution >= 0.6 is 11.8 Å². The third-order valence-electron chi connectivity index (χ3n) is 2.73. The topological polar surface area (TPSA) is 51.0 Å². The van der Waals surface area contributed by atoms with Gasteiger partial charge in [-0.2, -0.15) is 4.98 Å². The van der Waals surface area contributed by atoms with Crippen LogP contribution in [0.1, 0.15) is 24.2 Å². The molecule has 3 rings (SSSR count). The number of rotatable bonds is 5. The number of nitrogens with one attached hydrogen (secondary N) is 1. The highest BCUT2D eigenvalue weighted by atomic mass is 32.2. The van der Waals surface area contributed by atoms with E-state index in [9.17, 15) is 0 Å². The largest absolute Gasteiger partial charge is 0.335 e. The van der Waals surface area contributed by atoms with Crippen molar-refractivity contribution in [1.82, 2.24) is 10.1 Å². The van der Waals surface area contributed by atoms with Crippen LogP contribution in [0.3, 0.4) is 0 Å². The van der Waals surface area contributed by atoms with E-state index in [0.29, 0.717) is 12.1 Å². The molecule has 0 atom stereocenters. The van der Waals surface area contributed by atoms with Gasteiger partial charge in [-0.1, -0.05) is 22.9 Å². The lowest BCUT2D eigenvalue weighted by Crippen LogP contribution is -2.00. The minimum Gasteiger partial charge on any atom is -0.335 e. The molecule has 1 fully saturated rings. The van der Waals surface area contributed by atoms with Gasteiger partial charge < -0.3 is 9.84 Å². The van der Waals surface area contributed by atoms with Crippen molar-refractivity contribution in [3.8, 4) is 0 Å². The van der Waals surface area contributed by atoms with Crippen LogP contribution in [0.15, 0.2) is 33.7 Å². The Kier molecular flexibility index (Phi) is 3.23. The van der Waals surface area contributed by atoms with Crippen molar-refractivity contribution in [2.75, 3.05) is 5.32 Å². The van der Waals surface area contributed by atoms with Crippen LogP contribution in [-0.4, -0.2) is 16.2 Å². The number of thioether (sulfide) groups is 1. The fourth-order valence-electron chi connectivity index (χ4n) is 1.63. The number of nitrogens with zero attached hydrogens (tertiary/aromatic N) is 2. The van der Waals surface area contributed by atoms with Crippen LogP contribution in [-0.2, 0) is 5.75 Å². The maximum absolute atomic E-state index is 5.14. The average molecular weight is 261 g/mol. The summed E-state index contributed by atoms with van der Waals surface area (Å²) in [5, 5.41) is 7.16. The Morgan fingerprint density at radius 3 is 3.11 bits per heavy atom. The van der Waals surface area contributed by atoms with Crippen LogP contribution < -0.4 is 5.32 Å². The predicted molar refractivity (Wildman–Crippen MR) is 71.7 cm³/mol. The standard InChI is InChI=1S/C13H15N3OS/c1-9-3-2-4-11(7-9)18-8-12-15-13(17-16-12)14-10-5-6-10/h2-4,7,10H,5-6,8H2,1H3,(H,14,15,16). The summed E-state index contributed by atoms with van der Waals surface area (Å²) >= 11 is 1.72. The maximum atomic E-state index is 5.14. The lowest BCUT2D eigenvalue weighted by Gasteiger charge is -1.99.